The molecule has 1 aliphatic carbocycles. The number of hydrogen-bond acceptors (Lipinski definition) is 2. The highest BCUT2D eigenvalue weighted by Gasteiger charge is 2.35. The fourth-order valence-electron chi connectivity index (χ4n) is 3.17. The van der Waals surface area contributed by atoms with Crippen molar-refractivity contribution in [2.24, 2.45) is 11.7 Å². The van der Waals surface area contributed by atoms with Gasteiger partial charge in [-0.05, 0) is 31.6 Å². The van der Waals surface area contributed by atoms with Gasteiger partial charge >= 0.3 is 0 Å². The summed E-state index contributed by atoms with van der Waals surface area (Å²) < 4.78 is 12.8. The Labute approximate surface area is 103 Å². The topological polar surface area (TPSA) is 46.3 Å². The molecular weight excluding hydrogens is 219 g/mol. The first-order chi connectivity index (χ1) is 8.24. The number of nitrogens with zero attached hydrogens (tertiary/aromatic N) is 1. The van der Waals surface area contributed by atoms with E-state index in [0.717, 1.165) is 25.7 Å². The number of nitrogens with two attached hydrogens (primary N) is 1. The summed E-state index contributed by atoms with van der Waals surface area (Å²) in [6.45, 7) is 0.261. The average molecular weight is 242 g/mol. The van der Waals surface area contributed by atoms with Crippen molar-refractivity contribution in [1.82, 2.24) is 4.90 Å². The maximum absolute atomic E-state index is 12.8. The maximum Gasteiger partial charge on any atom is 0.240 e. The van der Waals surface area contributed by atoms with Crippen LogP contribution < -0.4 is 5.73 Å². The highest BCUT2D eigenvalue weighted by atomic mass is 19.1. The van der Waals surface area contributed by atoms with E-state index in [0.29, 0.717) is 12.5 Å². The van der Waals surface area contributed by atoms with Crippen molar-refractivity contribution < 1.29 is 9.18 Å². The molecule has 4 heteroatoms. The van der Waals surface area contributed by atoms with E-state index in [4.69, 9.17) is 5.73 Å². The van der Waals surface area contributed by atoms with Crippen LogP contribution in [0.15, 0.2) is 0 Å². The van der Waals surface area contributed by atoms with Gasteiger partial charge in [0.05, 0.1) is 12.1 Å². The average Bonchev–Trinajstić information content (AvgIpc) is 2.86. The molecule has 2 aliphatic rings. The number of carbonyl (C=O) groups excluding carboxylic acids is 1. The lowest BCUT2D eigenvalue weighted by atomic mass is 9.83. The van der Waals surface area contributed by atoms with Gasteiger partial charge in [-0.1, -0.05) is 19.3 Å². The van der Waals surface area contributed by atoms with E-state index < -0.39 is 12.7 Å². The number of likely N-dealkylation sites (tertiary alicyclic amines) is 1. The number of rotatable bonds is 3. The Morgan fingerprint density at radius 1 is 1.24 bits per heavy atom. The highest BCUT2D eigenvalue weighted by molar-refractivity contribution is 5.82. The monoisotopic (exact) mass is 242 g/mol. The summed E-state index contributed by atoms with van der Waals surface area (Å²) in [5, 5.41) is 0. The summed E-state index contributed by atoms with van der Waals surface area (Å²) in [4.78, 5) is 13.9. The minimum atomic E-state index is -0.427. The number of hydrogen-bond donors (Lipinski definition) is 1. The predicted molar refractivity (Wildman–Crippen MR) is 65.3 cm³/mol. The Morgan fingerprint density at radius 3 is 2.59 bits per heavy atom. The molecule has 0 bridgehead atoms. The van der Waals surface area contributed by atoms with Crippen LogP contribution in [-0.4, -0.2) is 36.1 Å². The summed E-state index contributed by atoms with van der Waals surface area (Å²) in [6.07, 6.45) is 7.43. The third kappa shape index (κ3) is 2.79. The van der Waals surface area contributed by atoms with Crippen LogP contribution in [0.25, 0.3) is 0 Å². The molecule has 17 heavy (non-hydrogen) atoms. The van der Waals surface area contributed by atoms with Crippen LogP contribution in [0.3, 0.4) is 0 Å². The summed E-state index contributed by atoms with van der Waals surface area (Å²) in [6, 6.07) is -0.611. The van der Waals surface area contributed by atoms with Gasteiger partial charge in [0, 0.05) is 6.54 Å². The number of halogens is 1. The minimum Gasteiger partial charge on any atom is -0.336 e. The van der Waals surface area contributed by atoms with Gasteiger partial charge in [0.15, 0.2) is 0 Å². The molecule has 0 aromatic rings. The van der Waals surface area contributed by atoms with Crippen LogP contribution >= 0.6 is 0 Å². The molecule has 2 N–H and O–H groups in total. The zero-order valence-corrected chi connectivity index (χ0v) is 10.4. The van der Waals surface area contributed by atoms with Crippen LogP contribution in [0.5, 0.6) is 0 Å². The molecule has 2 fully saturated rings. The molecule has 2 atom stereocenters. The molecule has 3 nitrogen and oxygen atoms in total. The van der Waals surface area contributed by atoms with E-state index in [1.807, 2.05) is 0 Å². The molecular formula is C13H23FN2O. The van der Waals surface area contributed by atoms with Gasteiger partial charge in [-0.2, -0.15) is 0 Å². The van der Waals surface area contributed by atoms with Gasteiger partial charge in [-0.25, -0.2) is 4.39 Å². The van der Waals surface area contributed by atoms with Crippen LogP contribution in [0.4, 0.5) is 4.39 Å². The van der Waals surface area contributed by atoms with Crippen LogP contribution in [0, 0.1) is 5.92 Å². The van der Waals surface area contributed by atoms with Crippen molar-refractivity contribution >= 4 is 5.91 Å². The highest BCUT2D eigenvalue weighted by Crippen LogP contribution is 2.28. The Balaban J connectivity index is 1.93. The zero-order valence-electron chi connectivity index (χ0n) is 10.4. The molecule has 0 spiro atoms. The normalized spacial score (nSPS) is 28.4. The van der Waals surface area contributed by atoms with E-state index >= 15 is 0 Å². The fourth-order valence-corrected chi connectivity index (χ4v) is 3.17. The number of amides is 1. The number of alkyl halides is 1. The van der Waals surface area contributed by atoms with Crippen LogP contribution in [0.1, 0.15) is 44.9 Å². The van der Waals surface area contributed by atoms with Gasteiger partial charge in [-0.3, -0.25) is 4.79 Å². The molecule has 0 aromatic carbocycles. The molecule has 98 valence electrons. The van der Waals surface area contributed by atoms with Gasteiger partial charge < -0.3 is 10.6 Å². The van der Waals surface area contributed by atoms with Crippen molar-refractivity contribution in [2.45, 2.75) is 57.0 Å². The molecule has 1 saturated carbocycles. The van der Waals surface area contributed by atoms with Gasteiger partial charge in [0.1, 0.15) is 6.67 Å². The lowest BCUT2D eigenvalue weighted by molar-refractivity contribution is -0.135. The zero-order chi connectivity index (χ0) is 12.3. The molecule has 0 aromatic heterocycles. The summed E-state index contributed by atoms with van der Waals surface area (Å²) in [7, 11) is 0. The van der Waals surface area contributed by atoms with Gasteiger partial charge in [0.25, 0.3) is 0 Å². The second-order valence-electron chi connectivity index (χ2n) is 5.41. The van der Waals surface area contributed by atoms with Crippen molar-refractivity contribution in [1.29, 1.82) is 0 Å². The smallest absolute Gasteiger partial charge is 0.240 e. The third-order valence-electron chi connectivity index (χ3n) is 4.28. The Hall–Kier alpha value is -0.640. The van der Waals surface area contributed by atoms with E-state index in [1.54, 1.807) is 4.90 Å². The molecule has 1 aliphatic heterocycles. The molecule has 0 radical (unpaired) electrons. The molecule has 1 amide bonds. The van der Waals surface area contributed by atoms with Crippen molar-refractivity contribution in [2.75, 3.05) is 13.2 Å². The molecule has 2 rings (SSSR count). The standard InChI is InChI=1S/C13H23FN2O/c14-9-11-7-4-8-16(11)13(17)12(15)10-5-2-1-3-6-10/h10-12H,1-9,15H2/t11-,12-/m0/s1. The van der Waals surface area contributed by atoms with Crippen molar-refractivity contribution in [3.8, 4) is 0 Å². The second-order valence-corrected chi connectivity index (χ2v) is 5.41. The second kappa shape index (κ2) is 5.80. The molecule has 1 saturated heterocycles. The Bertz CT molecular complexity index is 266. The first-order valence-electron chi connectivity index (χ1n) is 6.86. The molecule has 1 heterocycles. The Kier molecular flexibility index (Phi) is 4.37. The fraction of sp³-hybridized carbons (Fsp3) is 0.923. The minimum absolute atomic E-state index is 0.0166. The lowest BCUT2D eigenvalue weighted by Gasteiger charge is -2.31. The van der Waals surface area contributed by atoms with E-state index in [2.05, 4.69) is 0 Å². The van der Waals surface area contributed by atoms with Gasteiger partial charge in [-0.15, -0.1) is 0 Å². The first-order valence-corrected chi connectivity index (χ1v) is 6.86. The van der Waals surface area contributed by atoms with Crippen LogP contribution in [0.2, 0.25) is 0 Å². The predicted octanol–water partition coefficient (Wildman–Crippen LogP) is 1.85. The third-order valence-corrected chi connectivity index (χ3v) is 4.28. The van der Waals surface area contributed by atoms with E-state index in [-0.39, 0.29) is 11.9 Å². The summed E-state index contributed by atoms with van der Waals surface area (Å²) in [5.41, 5.74) is 6.08. The SMILES string of the molecule is N[C@H](C(=O)N1CCC[C@H]1CF)C1CCCCC1. The largest absolute Gasteiger partial charge is 0.336 e. The Morgan fingerprint density at radius 2 is 1.94 bits per heavy atom. The van der Waals surface area contributed by atoms with Crippen LogP contribution in [-0.2, 0) is 4.79 Å². The van der Waals surface area contributed by atoms with E-state index in [9.17, 15) is 9.18 Å². The molecule has 0 unspecified atom stereocenters. The summed E-state index contributed by atoms with van der Waals surface area (Å²) in [5.74, 6) is 0.300. The van der Waals surface area contributed by atoms with Crippen molar-refractivity contribution in [3.63, 3.8) is 0 Å². The number of carbonyl (C=O) groups is 1. The van der Waals surface area contributed by atoms with Gasteiger partial charge in [0.2, 0.25) is 5.91 Å². The quantitative estimate of drug-likeness (QED) is 0.821. The van der Waals surface area contributed by atoms with E-state index in [1.165, 1.54) is 19.3 Å². The van der Waals surface area contributed by atoms with Crippen molar-refractivity contribution in [3.05, 3.63) is 0 Å². The first kappa shape index (κ1) is 12.8. The lowest BCUT2D eigenvalue weighted by Crippen LogP contribution is -2.50. The maximum atomic E-state index is 12.8. The summed E-state index contributed by atoms with van der Waals surface area (Å²) >= 11 is 0.